The molecule has 7 heteroatoms. The molecule has 110 valence electrons. The molecule has 0 atom stereocenters. The fraction of sp³-hybridized carbons (Fsp3) is 0.143. The molecule has 0 aliphatic rings. The lowest BCUT2D eigenvalue weighted by Crippen LogP contribution is -2.31. The van der Waals surface area contributed by atoms with Crippen molar-refractivity contribution < 1.29 is 19.1 Å². The van der Waals surface area contributed by atoms with Gasteiger partial charge in [0.2, 0.25) is 0 Å². The van der Waals surface area contributed by atoms with Gasteiger partial charge < -0.3 is 19.7 Å². The largest absolute Gasteiger partial charge is 0.478 e. The molecule has 1 aromatic heterocycles. The van der Waals surface area contributed by atoms with Crippen molar-refractivity contribution in [1.29, 1.82) is 0 Å². The summed E-state index contributed by atoms with van der Waals surface area (Å²) in [5.74, 6) is -0.538. The van der Waals surface area contributed by atoms with Gasteiger partial charge in [-0.1, -0.05) is 11.6 Å². The zero-order valence-corrected chi connectivity index (χ0v) is 11.9. The highest BCUT2D eigenvalue weighted by molar-refractivity contribution is 6.31. The van der Waals surface area contributed by atoms with E-state index in [0.29, 0.717) is 5.76 Å². The standard InChI is InChI=1S/C14H13ClN2O4/c1-17(8-10-3-2-6-21-10)14(20)16-12-5-4-9(15)7-11(12)13(18)19/h2-7H,8H2,1H3,(H,16,20)(H,18,19). The Bertz CT molecular complexity index is 655. The first kappa shape index (κ1) is 14.9. The fourth-order valence-corrected chi connectivity index (χ4v) is 1.89. The van der Waals surface area contributed by atoms with Gasteiger partial charge in [-0.15, -0.1) is 0 Å². The van der Waals surface area contributed by atoms with E-state index in [1.54, 1.807) is 19.2 Å². The molecular formula is C14H13ClN2O4. The summed E-state index contributed by atoms with van der Waals surface area (Å²) in [5, 5.41) is 11.9. The van der Waals surface area contributed by atoms with E-state index in [9.17, 15) is 9.59 Å². The lowest BCUT2D eigenvalue weighted by Gasteiger charge is -2.17. The summed E-state index contributed by atoms with van der Waals surface area (Å²) in [6, 6.07) is 7.26. The second-order valence-electron chi connectivity index (χ2n) is 4.36. The highest BCUT2D eigenvalue weighted by Gasteiger charge is 2.16. The maximum absolute atomic E-state index is 12.0. The molecule has 1 heterocycles. The maximum Gasteiger partial charge on any atom is 0.337 e. The van der Waals surface area contributed by atoms with Crippen LogP contribution in [0, 0.1) is 0 Å². The number of hydrogen-bond donors (Lipinski definition) is 2. The second kappa shape index (κ2) is 6.32. The Hall–Kier alpha value is -2.47. The van der Waals surface area contributed by atoms with Crippen LogP contribution in [0.2, 0.25) is 5.02 Å². The molecule has 0 radical (unpaired) electrons. The van der Waals surface area contributed by atoms with Crippen LogP contribution in [0.3, 0.4) is 0 Å². The minimum absolute atomic E-state index is 0.0674. The monoisotopic (exact) mass is 308 g/mol. The van der Waals surface area contributed by atoms with Gasteiger partial charge in [0.05, 0.1) is 24.1 Å². The number of urea groups is 1. The first-order valence-corrected chi connectivity index (χ1v) is 6.42. The van der Waals surface area contributed by atoms with Crippen molar-refractivity contribution >= 4 is 29.3 Å². The molecule has 0 unspecified atom stereocenters. The zero-order chi connectivity index (χ0) is 15.4. The van der Waals surface area contributed by atoms with E-state index >= 15 is 0 Å². The molecule has 2 rings (SSSR count). The molecule has 0 saturated carbocycles. The van der Waals surface area contributed by atoms with Crippen molar-refractivity contribution in [2.24, 2.45) is 0 Å². The summed E-state index contributed by atoms with van der Waals surface area (Å²) in [4.78, 5) is 24.6. The predicted octanol–water partition coefficient (Wildman–Crippen LogP) is 3.30. The van der Waals surface area contributed by atoms with Crippen LogP contribution in [-0.2, 0) is 6.54 Å². The number of carbonyl (C=O) groups excluding carboxylic acids is 1. The van der Waals surface area contributed by atoms with Gasteiger partial charge >= 0.3 is 12.0 Å². The van der Waals surface area contributed by atoms with Crippen molar-refractivity contribution in [3.05, 3.63) is 52.9 Å². The van der Waals surface area contributed by atoms with Gasteiger partial charge in [-0.2, -0.15) is 0 Å². The summed E-state index contributed by atoms with van der Waals surface area (Å²) in [6.07, 6.45) is 1.52. The third-order valence-electron chi connectivity index (χ3n) is 2.77. The Labute approximate surface area is 125 Å². The van der Waals surface area contributed by atoms with Crippen LogP contribution in [0.25, 0.3) is 0 Å². The van der Waals surface area contributed by atoms with Crippen LogP contribution in [0.1, 0.15) is 16.1 Å². The number of hydrogen-bond acceptors (Lipinski definition) is 3. The SMILES string of the molecule is CN(Cc1ccco1)C(=O)Nc1ccc(Cl)cc1C(=O)O. The number of halogens is 1. The zero-order valence-electron chi connectivity index (χ0n) is 11.2. The van der Waals surface area contributed by atoms with Crippen LogP contribution in [0.15, 0.2) is 41.0 Å². The second-order valence-corrected chi connectivity index (χ2v) is 4.80. The molecule has 2 N–H and O–H groups in total. The first-order chi connectivity index (χ1) is 9.97. The molecule has 0 aliphatic heterocycles. The third-order valence-corrected chi connectivity index (χ3v) is 3.01. The summed E-state index contributed by atoms with van der Waals surface area (Å²) >= 11 is 5.76. The predicted molar refractivity (Wildman–Crippen MR) is 77.6 cm³/mol. The van der Waals surface area contributed by atoms with Crippen molar-refractivity contribution in [3.63, 3.8) is 0 Å². The molecule has 0 saturated heterocycles. The van der Waals surface area contributed by atoms with Gasteiger partial charge in [0.15, 0.2) is 0 Å². The maximum atomic E-state index is 12.0. The normalized spacial score (nSPS) is 10.2. The fourth-order valence-electron chi connectivity index (χ4n) is 1.72. The molecule has 0 aliphatic carbocycles. The van der Waals surface area contributed by atoms with Gasteiger partial charge in [0, 0.05) is 12.1 Å². The van der Waals surface area contributed by atoms with Gasteiger partial charge in [-0.05, 0) is 30.3 Å². The number of carbonyl (C=O) groups is 2. The van der Waals surface area contributed by atoms with E-state index in [-0.39, 0.29) is 22.8 Å². The molecule has 21 heavy (non-hydrogen) atoms. The Morgan fingerprint density at radius 1 is 1.38 bits per heavy atom. The van der Waals surface area contributed by atoms with Crippen molar-refractivity contribution in [1.82, 2.24) is 4.90 Å². The number of rotatable bonds is 4. The average Bonchev–Trinajstić information content (AvgIpc) is 2.93. The lowest BCUT2D eigenvalue weighted by molar-refractivity contribution is 0.0698. The van der Waals surface area contributed by atoms with Crippen LogP contribution in [-0.4, -0.2) is 29.1 Å². The van der Waals surface area contributed by atoms with E-state index in [4.69, 9.17) is 21.1 Å². The highest BCUT2D eigenvalue weighted by atomic mass is 35.5. The Morgan fingerprint density at radius 3 is 2.76 bits per heavy atom. The quantitative estimate of drug-likeness (QED) is 0.908. The van der Waals surface area contributed by atoms with Crippen LogP contribution in [0.5, 0.6) is 0 Å². The van der Waals surface area contributed by atoms with Crippen molar-refractivity contribution in [2.45, 2.75) is 6.54 Å². The van der Waals surface area contributed by atoms with Gasteiger partial charge in [-0.25, -0.2) is 9.59 Å². The van der Waals surface area contributed by atoms with Crippen molar-refractivity contribution in [3.8, 4) is 0 Å². The average molecular weight is 309 g/mol. The van der Waals surface area contributed by atoms with E-state index in [1.165, 1.54) is 29.4 Å². The molecule has 0 fully saturated rings. The Balaban J connectivity index is 2.10. The Morgan fingerprint density at radius 2 is 2.14 bits per heavy atom. The lowest BCUT2D eigenvalue weighted by atomic mass is 10.2. The summed E-state index contributed by atoms with van der Waals surface area (Å²) in [6.45, 7) is 0.273. The van der Waals surface area contributed by atoms with Crippen molar-refractivity contribution in [2.75, 3.05) is 12.4 Å². The number of carboxylic acids is 1. The number of carboxylic acid groups (broad SMARTS) is 1. The van der Waals surface area contributed by atoms with Gasteiger partial charge in [0.1, 0.15) is 5.76 Å². The summed E-state index contributed by atoms with van der Waals surface area (Å²) in [5.41, 5.74) is 0.116. The van der Waals surface area contributed by atoms with E-state index in [2.05, 4.69) is 5.32 Å². The van der Waals surface area contributed by atoms with Gasteiger partial charge in [-0.3, -0.25) is 0 Å². The number of anilines is 1. The number of nitrogens with one attached hydrogen (secondary N) is 1. The number of aromatic carboxylic acids is 1. The minimum atomic E-state index is -1.17. The highest BCUT2D eigenvalue weighted by Crippen LogP contribution is 2.21. The molecule has 2 aromatic rings. The molecular weight excluding hydrogens is 296 g/mol. The van der Waals surface area contributed by atoms with Crippen LogP contribution in [0.4, 0.5) is 10.5 Å². The number of amides is 2. The minimum Gasteiger partial charge on any atom is -0.478 e. The number of furan rings is 1. The molecule has 2 amide bonds. The smallest absolute Gasteiger partial charge is 0.337 e. The molecule has 6 nitrogen and oxygen atoms in total. The molecule has 0 bridgehead atoms. The number of nitrogens with zero attached hydrogens (tertiary/aromatic N) is 1. The third kappa shape index (κ3) is 3.76. The Kier molecular flexibility index (Phi) is 4.49. The molecule has 0 spiro atoms. The summed E-state index contributed by atoms with van der Waals surface area (Å²) in [7, 11) is 1.58. The van der Waals surface area contributed by atoms with E-state index in [1.807, 2.05) is 0 Å². The first-order valence-electron chi connectivity index (χ1n) is 6.04. The topological polar surface area (TPSA) is 82.8 Å². The van der Waals surface area contributed by atoms with Crippen LogP contribution >= 0.6 is 11.6 Å². The number of benzene rings is 1. The van der Waals surface area contributed by atoms with Gasteiger partial charge in [0.25, 0.3) is 0 Å². The van der Waals surface area contributed by atoms with E-state index < -0.39 is 12.0 Å². The summed E-state index contributed by atoms with van der Waals surface area (Å²) < 4.78 is 5.15. The van der Waals surface area contributed by atoms with Crippen LogP contribution < -0.4 is 5.32 Å². The molecule has 1 aromatic carbocycles. The van der Waals surface area contributed by atoms with E-state index in [0.717, 1.165) is 0 Å².